The van der Waals surface area contributed by atoms with Crippen LogP contribution in [0.3, 0.4) is 0 Å². The van der Waals surface area contributed by atoms with E-state index in [-0.39, 0.29) is 5.75 Å². The van der Waals surface area contributed by atoms with Gasteiger partial charge in [-0.1, -0.05) is 29.8 Å². The largest absolute Gasteiger partial charge is 0.249 e. The first-order valence-electron chi connectivity index (χ1n) is 6.08. The molecule has 1 heterocycles. The van der Waals surface area contributed by atoms with Gasteiger partial charge in [-0.05, 0) is 18.6 Å². The molecule has 1 N–H and O–H groups in total. The maximum atomic E-state index is 12.0. The molecule has 0 aliphatic heterocycles. The third-order valence-corrected chi connectivity index (χ3v) is 5.31. The van der Waals surface area contributed by atoms with Gasteiger partial charge in [0.2, 0.25) is 10.0 Å². The van der Waals surface area contributed by atoms with Crippen molar-refractivity contribution in [1.29, 1.82) is 0 Å². The normalized spacial score (nSPS) is 11.7. The molecule has 0 amide bonds. The van der Waals surface area contributed by atoms with Crippen LogP contribution in [0.2, 0.25) is 5.02 Å². The second-order valence-electron chi connectivity index (χ2n) is 4.36. The highest BCUT2D eigenvalue weighted by Crippen LogP contribution is 2.17. The van der Waals surface area contributed by atoms with Crippen molar-refractivity contribution >= 4 is 33.0 Å². The van der Waals surface area contributed by atoms with Gasteiger partial charge in [0.1, 0.15) is 0 Å². The zero-order valence-corrected chi connectivity index (χ0v) is 13.4. The fourth-order valence-corrected chi connectivity index (χ4v) is 3.95. The Bertz CT molecular complexity index is 683. The van der Waals surface area contributed by atoms with Crippen molar-refractivity contribution in [2.45, 2.75) is 19.1 Å². The van der Waals surface area contributed by atoms with E-state index in [0.29, 0.717) is 23.6 Å². The van der Waals surface area contributed by atoms with Crippen LogP contribution in [0.25, 0.3) is 0 Å². The molecule has 7 heteroatoms. The minimum Gasteiger partial charge on any atom is -0.249 e. The number of hydrogen-bond acceptors (Lipinski definition) is 4. The molecule has 0 bridgehead atoms. The van der Waals surface area contributed by atoms with Crippen LogP contribution in [-0.2, 0) is 22.2 Å². The summed E-state index contributed by atoms with van der Waals surface area (Å²) in [6.07, 6.45) is 2.39. The number of halogens is 1. The molecule has 0 aliphatic carbocycles. The summed E-state index contributed by atoms with van der Waals surface area (Å²) in [7, 11) is -3.38. The van der Waals surface area contributed by atoms with E-state index >= 15 is 0 Å². The summed E-state index contributed by atoms with van der Waals surface area (Å²) in [4.78, 5) is 5.32. The van der Waals surface area contributed by atoms with Crippen LogP contribution in [0.1, 0.15) is 15.4 Å². The smallest absolute Gasteiger partial charge is 0.215 e. The lowest BCUT2D eigenvalue weighted by Crippen LogP contribution is -2.27. The maximum Gasteiger partial charge on any atom is 0.215 e. The van der Waals surface area contributed by atoms with Gasteiger partial charge in [-0.25, -0.2) is 18.1 Å². The van der Waals surface area contributed by atoms with Gasteiger partial charge in [-0.3, -0.25) is 0 Å². The Labute approximate surface area is 127 Å². The van der Waals surface area contributed by atoms with E-state index in [4.69, 9.17) is 11.6 Å². The van der Waals surface area contributed by atoms with Gasteiger partial charge >= 0.3 is 0 Å². The van der Waals surface area contributed by atoms with Crippen molar-refractivity contribution in [1.82, 2.24) is 9.71 Å². The Hall–Kier alpha value is -0.950. The van der Waals surface area contributed by atoms with Crippen molar-refractivity contribution in [3.05, 3.63) is 50.9 Å². The minimum atomic E-state index is -3.38. The van der Waals surface area contributed by atoms with E-state index in [1.165, 1.54) is 0 Å². The van der Waals surface area contributed by atoms with Crippen molar-refractivity contribution in [3.63, 3.8) is 0 Å². The topological polar surface area (TPSA) is 59.1 Å². The van der Waals surface area contributed by atoms with Crippen LogP contribution in [0.4, 0.5) is 0 Å². The minimum absolute atomic E-state index is 0.108. The number of nitrogens with zero attached hydrogens (tertiary/aromatic N) is 1. The molecule has 108 valence electrons. The monoisotopic (exact) mass is 330 g/mol. The van der Waals surface area contributed by atoms with E-state index in [9.17, 15) is 8.42 Å². The van der Waals surface area contributed by atoms with Gasteiger partial charge < -0.3 is 0 Å². The SMILES string of the molecule is Cc1cnc(CCNS(=O)(=O)Cc2ccccc2Cl)s1. The van der Waals surface area contributed by atoms with Crippen LogP contribution in [0, 0.1) is 6.92 Å². The summed E-state index contributed by atoms with van der Waals surface area (Å²) in [6.45, 7) is 2.32. The predicted molar refractivity (Wildman–Crippen MR) is 82.6 cm³/mol. The molecule has 0 atom stereocenters. The Morgan fingerprint density at radius 2 is 2.10 bits per heavy atom. The lowest BCUT2D eigenvalue weighted by molar-refractivity contribution is 0.580. The van der Waals surface area contributed by atoms with E-state index in [0.717, 1.165) is 9.88 Å². The number of aryl methyl sites for hydroxylation is 1. The molecule has 2 aromatic rings. The van der Waals surface area contributed by atoms with Gasteiger partial charge in [0.15, 0.2) is 0 Å². The molecule has 0 saturated carbocycles. The van der Waals surface area contributed by atoms with Crippen LogP contribution in [0.5, 0.6) is 0 Å². The number of benzene rings is 1. The summed E-state index contributed by atoms with van der Waals surface area (Å²) in [5, 5.41) is 1.40. The lowest BCUT2D eigenvalue weighted by Gasteiger charge is -2.07. The van der Waals surface area contributed by atoms with Gasteiger partial charge in [0, 0.05) is 29.1 Å². The fourth-order valence-electron chi connectivity index (χ4n) is 1.70. The summed E-state index contributed by atoms with van der Waals surface area (Å²) in [5.41, 5.74) is 0.603. The van der Waals surface area contributed by atoms with Gasteiger partial charge in [-0.15, -0.1) is 11.3 Å². The van der Waals surface area contributed by atoms with Crippen LogP contribution < -0.4 is 4.72 Å². The second kappa shape index (κ2) is 6.67. The summed E-state index contributed by atoms with van der Waals surface area (Å²) in [5.74, 6) is -0.108. The molecule has 20 heavy (non-hydrogen) atoms. The van der Waals surface area contributed by atoms with E-state index in [1.54, 1.807) is 41.8 Å². The van der Waals surface area contributed by atoms with Crippen molar-refractivity contribution in [2.75, 3.05) is 6.54 Å². The Balaban J connectivity index is 1.90. The molecule has 1 aromatic heterocycles. The average molecular weight is 331 g/mol. The Kier molecular flexibility index (Phi) is 5.15. The molecular formula is C13H15ClN2O2S2. The first kappa shape index (κ1) is 15.4. The first-order valence-corrected chi connectivity index (χ1v) is 8.93. The standard InChI is InChI=1S/C13H15ClN2O2S2/c1-10-8-15-13(19-10)6-7-16-20(17,18)9-11-4-2-3-5-12(11)14/h2-5,8,16H,6-7,9H2,1H3. The zero-order chi connectivity index (χ0) is 14.6. The number of aromatic nitrogens is 1. The first-order chi connectivity index (χ1) is 9.46. The van der Waals surface area contributed by atoms with Crippen molar-refractivity contribution in [3.8, 4) is 0 Å². The van der Waals surface area contributed by atoms with E-state index in [1.807, 2.05) is 6.92 Å². The quantitative estimate of drug-likeness (QED) is 0.886. The third-order valence-electron chi connectivity index (χ3n) is 2.63. The number of rotatable bonds is 6. The number of sulfonamides is 1. The Morgan fingerprint density at radius 3 is 2.75 bits per heavy atom. The molecule has 0 saturated heterocycles. The summed E-state index contributed by atoms with van der Waals surface area (Å²) in [6, 6.07) is 6.95. The number of thiazole rings is 1. The summed E-state index contributed by atoms with van der Waals surface area (Å²) < 4.78 is 26.5. The molecule has 2 rings (SSSR count). The van der Waals surface area contributed by atoms with Crippen molar-refractivity contribution in [2.24, 2.45) is 0 Å². The molecular weight excluding hydrogens is 316 g/mol. The molecule has 0 spiro atoms. The molecule has 0 aliphatic rings. The highest BCUT2D eigenvalue weighted by molar-refractivity contribution is 7.88. The molecule has 1 aromatic carbocycles. The van der Waals surface area contributed by atoms with Crippen LogP contribution in [0.15, 0.2) is 30.5 Å². The van der Waals surface area contributed by atoms with Crippen LogP contribution in [-0.4, -0.2) is 19.9 Å². The molecule has 0 unspecified atom stereocenters. The molecule has 0 radical (unpaired) electrons. The predicted octanol–water partition coefficient (Wildman–Crippen LogP) is 2.77. The number of hydrogen-bond donors (Lipinski definition) is 1. The van der Waals surface area contributed by atoms with Crippen molar-refractivity contribution < 1.29 is 8.42 Å². The van der Waals surface area contributed by atoms with Gasteiger partial charge in [-0.2, -0.15) is 0 Å². The molecule has 0 fully saturated rings. The lowest BCUT2D eigenvalue weighted by atomic mass is 10.2. The second-order valence-corrected chi connectivity index (χ2v) is 7.89. The summed E-state index contributed by atoms with van der Waals surface area (Å²) >= 11 is 7.54. The van der Waals surface area contributed by atoms with Gasteiger partial charge in [0.25, 0.3) is 0 Å². The van der Waals surface area contributed by atoms with Gasteiger partial charge in [0.05, 0.1) is 10.8 Å². The highest BCUT2D eigenvalue weighted by atomic mass is 35.5. The average Bonchev–Trinajstić information content (AvgIpc) is 2.77. The third kappa shape index (κ3) is 4.56. The maximum absolute atomic E-state index is 12.0. The zero-order valence-electron chi connectivity index (χ0n) is 11.0. The fraction of sp³-hybridized carbons (Fsp3) is 0.308. The number of nitrogens with one attached hydrogen (secondary N) is 1. The van der Waals surface area contributed by atoms with E-state index in [2.05, 4.69) is 9.71 Å². The highest BCUT2D eigenvalue weighted by Gasteiger charge is 2.13. The van der Waals surface area contributed by atoms with Crippen LogP contribution >= 0.6 is 22.9 Å². The van der Waals surface area contributed by atoms with E-state index < -0.39 is 10.0 Å². The Morgan fingerprint density at radius 1 is 1.35 bits per heavy atom. The molecule has 4 nitrogen and oxygen atoms in total.